The van der Waals surface area contributed by atoms with Crippen molar-refractivity contribution in [2.75, 3.05) is 0 Å². The Bertz CT molecular complexity index is 85.1. The fourth-order valence-electron chi connectivity index (χ4n) is 0.505. The van der Waals surface area contributed by atoms with Gasteiger partial charge >= 0.3 is 0 Å². The summed E-state index contributed by atoms with van der Waals surface area (Å²) in [5, 5.41) is 6.55. The summed E-state index contributed by atoms with van der Waals surface area (Å²) in [6, 6.07) is 0. The lowest BCUT2D eigenvalue weighted by Crippen LogP contribution is -2.03. The van der Waals surface area contributed by atoms with Crippen LogP contribution in [0.4, 0.5) is 4.39 Å². The minimum atomic E-state index is -1.03. The second kappa shape index (κ2) is 4.87. The molecule has 0 heterocycles. The molecule has 1 N–H and O–H groups in total. The number of nitrogens with one attached hydrogen (secondary N) is 1. The number of rotatable bonds is 4. The van der Waals surface area contributed by atoms with Crippen molar-refractivity contribution >= 4 is 15.5 Å². The van der Waals surface area contributed by atoms with E-state index in [-0.39, 0.29) is 0 Å². The highest BCUT2D eigenvalue weighted by molar-refractivity contribution is 7.17. The second-order valence-corrected chi connectivity index (χ2v) is 3.38. The number of halogens is 1. The van der Waals surface area contributed by atoms with Crippen LogP contribution < -0.4 is 0 Å². The average molecular weight is 149 g/mol. The monoisotopic (exact) mass is 149 g/mol. The lowest BCUT2D eigenvalue weighted by molar-refractivity contribution is 0.398. The van der Waals surface area contributed by atoms with Gasteiger partial charge in [-0.05, 0) is 18.5 Å². The maximum Gasteiger partial charge on any atom is 0.134 e. The zero-order valence-electron chi connectivity index (χ0n) is 5.60. The third kappa shape index (κ3) is 5.91. The summed E-state index contributed by atoms with van der Waals surface area (Å²) in [6.45, 7) is 2.02. The first-order valence-electron chi connectivity index (χ1n) is 3.07. The minimum Gasteiger partial charge on any atom is -0.310 e. The van der Waals surface area contributed by atoms with E-state index in [0.29, 0.717) is 12.1 Å². The highest BCUT2D eigenvalue weighted by atomic mass is 31.0. The van der Waals surface area contributed by atoms with Crippen LogP contribution >= 0.6 is 9.24 Å². The van der Waals surface area contributed by atoms with E-state index < -0.39 is 6.17 Å². The van der Waals surface area contributed by atoms with Gasteiger partial charge in [0, 0.05) is 6.21 Å². The smallest absolute Gasteiger partial charge is 0.134 e. The average Bonchev–Trinajstić information content (AvgIpc) is 1.83. The zero-order chi connectivity index (χ0) is 7.28. The van der Waals surface area contributed by atoms with Crippen molar-refractivity contribution in [3.63, 3.8) is 0 Å². The van der Waals surface area contributed by atoms with E-state index in [4.69, 9.17) is 5.41 Å². The normalized spacial score (nSPS) is 16.8. The largest absolute Gasteiger partial charge is 0.310 e. The van der Waals surface area contributed by atoms with Crippen LogP contribution in [0.25, 0.3) is 0 Å². The molecule has 0 aliphatic carbocycles. The van der Waals surface area contributed by atoms with Gasteiger partial charge in [0.25, 0.3) is 0 Å². The van der Waals surface area contributed by atoms with Crippen molar-refractivity contribution in [2.45, 2.75) is 31.6 Å². The number of alkyl halides is 1. The van der Waals surface area contributed by atoms with Crippen LogP contribution in [0.2, 0.25) is 0 Å². The van der Waals surface area contributed by atoms with Crippen molar-refractivity contribution in [2.24, 2.45) is 0 Å². The van der Waals surface area contributed by atoms with E-state index in [0.717, 1.165) is 12.6 Å². The second-order valence-electron chi connectivity index (χ2n) is 2.24. The molecule has 0 aliphatic heterocycles. The topological polar surface area (TPSA) is 23.9 Å². The fraction of sp³-hybridized carbons (Fsp3) is 0.833. The summed E-state index contributed by atoms with van der Waals surface area (Å²) in [5.74, 6) is 0. The molecule has 0 aromatic carbocycles. The van der Waals surface area contributed by atoms with E-state index >= 15 is 0 Å². The van der Waals surface area contributed by atoms with E-state index in [9.17, 15) is 4.39 Å². The van der Waals surface area contributed by atoms with E-state index in [2.05, 4.69) is 9.24 Å². The van der Waals surface area contributed by atoms with Crippen LogP contribution in [0, 0.1) is 5.41 Å². The molecule has 0 saturated carbocycles. The summed E-state index contributed by atoms with van der Waals surface area (Å²) in [7, 11) is 2.60. The molecule has 3 atom stereocenters. The first-order valence-corrected chi connectivity index (χ1v) is 3.73. The Morgan fingerprint density at radius 3 is 2.56 bits per heavy atom. The van der Waals surface area contributed by atoms with Crippen molar-refractivity contribution < 1.29 is 4.39 Å². The van der Waals surface area contributed by atoms with E-state index in [1.54, 1.807) is 0 Å². The van der Waals surface area contributed by atoms with Gasteiger partial charge in [-0.25, -0.2) is 4.39 Å². The summed E-state index contributed by atoms with van der Waals surface area (Å²) in [5.41, 5.74) is 0.461. The molecular weight excluding hydrogens is 136 g/mol. The Morgan fingerprint density at radius 2 is 2.22 bits per heavy atom. The molecule has 1 nitrogen and oxygen atoms in total. The summed E-state index contributed by atoms with van der Waals surface area (Å²) >= 11 is 0. The van der Waals surface area contributed by atoms with Gasteiger partial charge < -0.3 is 5.41 Å². The summed E-state index contributed by atoms with van der Waals surface area (Å²) < 4.78 is 12.2. The molecule has 3 unspecified atom stereocenters. The highest BCUT2D eigenvalue weighted by Crippen LogP contribution is 2.09. The van der Waals surface area contributed by atoms with Gasteiger partial charge in [0.1, 0.15) is 6.17 Å². The summed E-state index contributed by atoms with van der Waals surface area (Å²) in [6.07, 6.45) is 1.13. The van der Waals surface area contributed by atoms with Gasteiger partial charge in [-0.1, -0.05) is 6.92 Å². The molecule has 0 amide bonds. The molecule has 0 bridgehead atoms. The van der Waals surface area contributed by atoms with Crippen LogP contribution in [0.15, 0.2) is 0 Å². The first kappa shape index (κ1) is 9.03. The molecule has 0 fully saturated rings. The van der Waals surface area contributed by atoms with Crippen molar-refractivity contribution in [3.05, 3.63) is 0 Å². The maximum absolute atomic E-state index is 12.2. The quantitative estimate of drug-likeness (QED) is 0.467. The van der Waals surface area contributed by atoms with Gasteiger partial charge in [-0.2, -0.15) is 0 Å². The van der Waals surface area contributed by atoms with Gasteiger partial charge in [-0.15, -0.1) is 9.24 Å². The van der Waals surface area contributed by atoms with Crippen molar-refractivity contribution in [1.82, 2.24) is 0 Å². The van der Waals surface area contributed by atoms with Gasteiger partial charge in [-0.3, -0.25) is 0 Å². The Kier molecular flexibility index (Phi) is 4.88. The standard InChI is InChI=1S/C6H13FNP/c1-5(9)2-3-6(7)4-8/h4-6,8H,2-3,9H2,1H3. The van der Waals surface area contributed by atoms with Gasteiger partial charge in [0.2, 0.25) is 0 Å². The van der Waals surface area contributed by atoms with Crippen LogP contribution in [0.1, 0.15) is 19.8 Å². The van der Waals surface area contributed by atoms with Crippen LogP contribution in [-0.4, -0.2) is 18.0 Å². The molecular formula is C6H13FNP. The molecule has 0 aromatic rings. The predicted molar refractivity (Wildman–Crippen MR) is 42.1 cm³/mol. The predicted octanol–water partition coefficient (Wildman–Crippen LogP) is 2.02. The molecule has 0 rings (SSSR count). The van der Waals surface area contributed by atoms with E-state index in [1.807, 2.05) is 6.92 Å². The Balaban J connectivity index is 3.16. The molecule has 0 aromatic heterocycles. The van der Waals surface area contributed by atoms with Crippen LogP contribution in [-0.2, 0) is 0 Å². The Labute approximate surface area is 57.7 Å². The third-order valence-corrected chi connectivity index (χ3v) is 1.41. The Morgan fingerprint density at radius 1 is 1.67 bits per heavy atom. The molecule has 54 valence electrons. The van der Waals surface area contributed by atoms with Crippen LogP contribution in [0.3, 0.4) is 0 Å². The van der Waals surface area contributed by atoms with Crippen molar-refractivity contribution in [3.8, 4) is 0 Å². The van der Waals surface area contributed by atoms with E-state index in [1.165, 1.54) is 0 Å². The number of hydrogen-bond donors (Lipinski definition) is 1. The highest BCUT2D eigenvalue weighted by Gasteiger charge is 2.02. The fourth-order valence-corrected chi connectivity index (χ4v) is 0.698. The van der Waals surface area contributed by atoms with Gasteiger partial charge in [0.15, 0.2) is 0 Å². The zero-order valence-corrected chi connectivity index (χ0v) is 6.76. The number of hydrogen-bond acceptors (Lipinski definition) is 1. The molecule has 0 saturated heterocycles. The lowest BCUT2D eigenvalue weighted by atomic mass is 10.2. The molecule has 0 spiro atoms. The lowest BCUT2D eigenvalue weighted by Gasteiger charge is -2.03. The minimum absolute atomic E-state index is 0.461. The van der Waals surface area contributed by atoms with Gasteiger partial charge in [0.05, 0.1) is 0 Å². The molecule has 3 heteroatoms. The first-order chi connectivity index (χ1) is 4.16. The van der Waals surface area contributed by atoms with Crippen molar-refractivity contribution in [1.29, 1.82) is 5.41 Å². The summed E-state index contributed by atoms with van der Waals surface area (Å²) in [4.78, 5) is 0. The molecule has 0 radical (unpaired) electrons. The SMILES string of the molecule is CC(P)CCC(F)C=N. The Hall–Kier alpha value is 0.0300. The van der Waals surface area contributed by atoms with Crippen LogP contribution in [0.5, 0.6) is 0 Å². The maximum atomic E-state index is 12.2. The third-order valence-electron chi connectivity index (χ3n) is 1.08. The molecule has 0 aliphatic rings. The molecule has 9 heavy (non-hydrogen) atoms.